The zero-order valence-electron chi connectivity index (χ0n) is 10.2. The molecule has 1 aromatic heterocycles. The summed E-state index contributed by atoms with van der Waals surface area (Å²) in [4.78, 5) is 0. The van der Waals surface area contributed by atoms with Crippen molar-refractivity contribution in [3.05, 3.63) is 45.7 Å². The quantitative estimate of drug-likeness (QED) is 0.923. The summed E-state index contributed by atoms with van der Waals surface area (Å²) in [5.74, 6) is 0. The van der Waals surface area contributed by atoms with E-state index in [9.17, 15) is 0 Å². The summed E-state index contributed by atoms with van der Waals surface area (Å²) in [5.41, 5.74) is 10.1. The van der Waals surface area contributed by atoms with E-state index in [0.29, 0.717) is 0 Å². The first-order valence-electron chi connectivity index (χ1n) is 5.58. The molecule has 0 bridgehead atoms. The number of halogens is 1. The Morgan fingerprint density at radius 1 is 1.24 bits per heavy atom. The predicted octanol–water partition coefficient (Wildman–Crippen LogP) is 3.27. The molecule has 2 N–H and O–H groups in total. The molecule has 0 unspecified atom stereocenters. The molecule has 0 aliphatic rings. The Kier molecular flexibility index (Phi) is 3.35. The van der Waals surface area contributed by atoms with Gasteiger partial charge in [0.2, 0.25) is 0 Å². The van der Waals surface area contributed by atoms with Crippen LogP contribution in [0, 0.1) is 13.8 Å². The minimum Gasteiger partial charge on any atom is -0.324 e. The zero-order valence-corrected chi connectivity index (χ0v) is 11.8. The van der Waals surface area contributed by atoms with E-state index in [0.717, 1.165) is 27.1 Å². The van der Waals surface area contributed by atoms with Crippen LogP contribution in [-0.2, 0) is 0 Å². The van der Waals surface area contributed by atoms with Gasteiger partial charge in [0.25, 0.3) is 0 Å². The third kappa shape index (κ3) is 2.28. The molecule has 0 aliphatic heterocycles. The molecule has 4 heteroatoms. The molecule has 3 nitrogen and oxygen atoms in total. The number of aryl methyl sites for hydroxylation is 1. The molecule has 0 radical (unpaired) electrons. The van der Waals surface area contributed by atoms with Crippen LogP contribution in [0.4, 0.5) is 0 Å². The zero-order chi connectivity index (χ0) is 12.6. The highest BCUT2D eigenvalue weighted by Gasteiger charge is 2.10. The van der Waals surface area contributed by atoms with Crippen molar-refractivity contribution in [3.63, 3.8) is 0 Å². The van der Waals surface area contributed by atoms with E-state index in [1.807, 2.05) is 49.7 Å². The van der Waals surface area contributed by atoms with Gasteiger partial charge in [0.1, 0.15) is 0 Å². The van der Waals surface area contributed by atoms with Crippen LogP contribution in [0.3, 0.4) is 0 Å². The molecule has 2 aromatic rings. The Balaban J connectivity index is 2.43. The largest absolute Gasteiger partial charge is 0.324 e. The number of benzene rings is 1. The number of rotatable bonds is 2. The lowest BCUT2D eigenvalue weighted by molar-refractivity contribution is 0.808. The van der Waals surface area contributed by atoms with Crippen molar-refractivity contribution >= 4 is 15.9 Å². The topological polar surface area (TPSA) is 43.8 Å². The van der Waals surface area contributed by atoms with Gasteiger partial charge in [-0.15, -0.1) is 0 Å². The van der Waals surface area contributed by atoms with Crippen LogP contribution < -0.4 is 5.73 Å². The van der Waals surface area contributed by atoms with Crippen molar-refractivity contribution in [1.82, 2.24) is 9.78 Å². The molecule has 0 saturated carbocycles. The summed E-state index contributed by atoms with van der Waals surface area (Å²) in [6.45, 7) is 6.02. The lowest BCUT2D eigenvalue weighted by Crippen LogP contribution is -2.05. The second-order valence-electron chi connectivity index (χ2n) is 4.28. The summed E-state index contributed by atoms with van der Waals surface area (Å²) in [5, 5.41) is 4.49. The lowest BCUT2D eigenvalue weighted by atomic mass is 10.1. The van der Waals surface area contributed by atoms with Crippen molar-refractivity contribution in [3.8, 4) is 5.69 Å². The highest BCUT2D eigenvalue weighted by atomic mass is 79.9. The van der Waals surface area contributed by atoms with Gasteiger partial charge in [-0.3, -0.25) is 0 Å². The third-order valence-electron chi connectivity index (χ3n) is 2.87. The molecule has 90 valence electrons. The summed E-state index contributed by atoms with van der Waals surface area (Å²) < 4.78 is 3.00. The van der Waals surface area contributed by atoms with Crippen LogP contribution in [0.15, 0.2) is 28.7 Å². The lowest BCUT2D eigenvalue weighted by Gasteiger charge is -2.08. The monoisotopic (exact) mass is 293 g/mol. The van der Waals surface area contributed by atoms with Crippen LogP contribution in [0.25, 0.3) is 5.69 Å². The predicted molar refractivity (Wildman–Crippen MR) is 73.3 cm³/mol. The van der Waals surface area contributed by atoms with Gasteiger partial charge < -0.3 is 5.73 Å². The van der Waals surface area contributed by atoms with Gasteiger partial charge in [0.05, 0.1) is 21.5 Å². The fraction of sp³-hybridized carbons (Fsp3) is 0.308. The smallest absolute Gasteiger partial charge is 0.0743 e. The molecular formula is C13H16BrN3. The van der Waals surface area contributed by atoms with Crippen LogP contribution in [0.1, 0.15) is 29.9 Å². The minimum atomic E-state index is 0.0660. The molecule has 0 amide bonds. The molecule has 2 rings (SSSR count). The average molecular weight is 294 g/mol. The van der Waals surface area contributed by atoms with Gasteiger partial charge in [-0.25, -0.2) is 4.68 Å². The second kappa shape index (κ2) is 4.63. The van der Waals surface area contributed by atoms with Crippen molar-refractivity contribution in [2.75, 3.05) is 0 Å². The van der Waals surface area contributed by atoms with Gasteiger partial charge >= 0.3 is 0 Å². The first kappa shape index (κ1) is 12.3. The molecule has 17 heavy (non-hydrogen) atoms. The first-order chi connectivity index (χ1) is 8.00. The summed E-state index contributed by atoms with van der Waals surface area (Å²) in [6.07, 6.45) is 0. The fourth-order valence-corrected chi connectivity index (χ4v) is 2.04. The van der Waals surface area contributed by atoms with Gasteiger partial charge in [-0.1, -0.05) is 12.1 Å². The Labute approximate surface area is 110 Å². The van der Waals surface area contributed by atoms with Crippen LogP contribution in [0.5, 0.6) is 0 Å². The fourth-order valence-electron chi connectivity index (χ4n) is 1.79. The summed E-state index contributed by atoms with van der Waals surface area (Å²) in [7, 11) is 0. The Bertz CT molecular complexity index is 526. The van der Waals surface area contributed by atoms with Gasteiger partial charge in [-0.2, -0.15) is 5.10 Å². The van der Waals surface area contributed by atoms with E-state index in [-0.39, 0.29) is 6.04 Å². The first-order valence-corrected chi connectivity index (χ1v) is 6.37. The van der Waals surface area contributed by atoms with Crippen molar-refractivity contribution < 1.29 is 0 Å². The summed E-state index contributed by atoms with van der Waals surface area (Å²) >= 11 is 3.53. The Morgan fingerprint density at radius 3 is 2.24 bits per heavy atom. The van der Waals surface area contributed by atoms with E-state index in [4.69, 9.17) is 5.73 Å². The molecule has 0 spiro atoms. The normalized spacial score (nSPS) is 12.8. The van der Waals surface area contributed by atoms with E-state index in [2.05, 4.69) is 21.0 Å². The molecule has 1 aromatic carbocycles. The van der Waals surface area contributed by atoms with Crippen LogP contribution >= 0.6 is 15.9 Å². The molecule has 1 atom stereocenters. The standard InChI is InChI=1S/C13H16BrN3/c1-8(15)11-4-6-12(7-5-11)17-10(3)13(14)9(2)16-17/h4-8H,15H2,1-3H3/t8-/m1/s1. The molecule has 0 fully saturated rings. The molecule has 0 aliphatic carbocycles. The Morgan fingerprint density at radius 2 is 1.82 bits per heavy atom. The Hall–Kier alpha value is -1.13. The average Bonchev–Trinajstić information content (AvgIpc) is 2.57. The van der Waals surface area contributed by atoms with Gasteiger partial charge in [0, 0.05) is 6.04 Å². The van der Waals surface area contributed by atoms with Crippen molar-refractivity contribution in [2.24, 2.45) is 5.73 Å². The number of hydrogen-bond acceptors (Lipinski definition) is 2. The highest BCUT2D eigenvalue weighted by Crippen LogP contribution is 2.23. The maximum absolute atomic E-state index is 5.83. The maximum Gasteiger partial charge on any atom is 0.0743 e. The molecular weight excluding hydrogens is 278 g/mol. The maximum atomic E-state index is 5.83. The number of nitrogens with two attached hydrogens (primary N) is 1. The van der Waals surface area contributed by atoms with E-state index in [1.165, 1.54) is 0 Å². The number of nitrogens with zero attached hydrogens (tertiary/aromatic N) is 2. The van der Waals surface area contributed by atoms with Gasteiger partial charge in [0.15, 0.2) is 0 Å². The molecule has 0 saturated heterocycles. The van der Waals surface area contributed by atoms with Gasteiger partial charge in [-0.05, 0) is 54.4 Å². The summed E-state index contributed by atoms with van der Waals surface area (Å²) in [6, 6.07) is 8.25. The highest BCUT2D eigenvalue weighted by molar-refractivity contribution is 9.10. The van der Waals surface area contributed by atoms with E-state index >= 15 is 0 Å². The van der Waals surface area contributed by atoms with E-state index in [1.54, 1.807) is 0 Å². The minimum absolute atomic E-state index is 0.0660. The number of aromatic nitrogens is 2. The SMILES string of the molecule is Cc1nn(-c2ccc([C@@H](C)N)cc2)c(C)c1Br. The van der Waals surface area contributed by atoms with Crippen LogP contribution in [0.2, 0.25) is 0 Å². The van der Waals surface area contributed by atoms with E-state index < -0.39 is 0 Å². The van der Waals surface area contributed by atoms with Crippen LogP contribution in [-0.4, -0.2) is 9.78 Å². The number of hydrogen-bond donors (Lipinski definition) is 1. The molecule has 1 heterocycles. The van der Waals surface area contributed by atoms with Crippen molar-refractivity contribution in [2.45, 2.75) is 26.8 Å². The second-order valence-corrected chi connectivity index (χ2v) is 5.07. The van der Waals surface area contributed by atoms with Crippen molar-refractivity contribution in [1.29, 1.82) is 0 Å². The third-order valence-corrected chi connectivity index (χ3v) is 4.01.